The summed E-state index contributed by atoms with van der Waals surface area (Å²) in [7, 11) is -1.96. The van der Waals surface area contributed by atoms with Crippen LogP contribution in [0.5, 0.6) is 0 Å². The van der Waals surface area contributed by atoms with E-state index in [4.69, 9.17) is 18.6 Å². The van der Waals surface area contributed by atoms with E-state index in [1.807, 2.05) is 36.4 Å². The van der Waals surface area contributed by atoms with Gasteiger partial charge in [0.15, 0.2) is 8.32 Å². The third kappa shape index (κ3) is 4.77. The number of benzene rings is 2. The van der Waals surface area contributed by atoms with Gasteiger partial charge in [-0.3, -0.25) is 0 Å². The number of hydrogen-bond donors (Lipinski definition) is 1. The fourth-order valence-corrected chi connectivity index (χ4v) is 6.73. The number of aliphatic hydroxyl groups excluding tert-OH is 1. The molecule has 1 aliphatic heterocycles. The van der Waals surface area contributed by atoms with Crippen LogP contribution in [0.2, 0.25) is 18.1 Å². The first kappa shape index (κ1) is 25.1. The summed E-state index contributed by atoms with van der Waals surface area (Å²) in [6.07, 6.45) is -0.149. The maximum Gasteiger partial charge on any atom is 0.192 e. The predicted molar refractivity (Wildman–Crippen MR) is 138 cm³/mol. The van der Waals surface area contributed by atoms with E-state index in [9.17, 15) is 5.11 Å². The molecule has 5 rings (SSSR count). The lowest BCUT2D eigenvalue weighted by atomic mass is 9.89. The summed E-state index contributed by atoms with van der Waals surface area (Å²) in [6.45, 7) is 12.9. The Hall–Kier alpha value is -1.54. The molecule has 1 N–H and O–H groups in total. The Bertz CT molecular complexity index is 991. The zero-order valence-electron chi connectivity index (χ0n) is 21.6. The van der Waals surface area contributed by atoms with Crippen LogP contribution in [0.1, 0.15) is 38.3 Å². The lowest BCUT2D eigenvalue weighted by Crippen LogP contribution is -2.47. The van der Waals surface area contributed by atoms with Crippen LogP contribution >= 0.6 is 0 Å². The highest BCUT2D eigenvalue weighted by Crippen LogP contribution is 2.63. The first-order valence-electron chi connectivity index (χ1n) is 12.9. The van der Waals surface area contributed by atoms with Gasteiger partial charge >= 0.3 is 0 Å². The summed E-state index contributed by atoms with van der Waals surface area (Å²) < 4.78 is 26.0. The van der Waals surface area contributed by atoms with E-state index in [-0.39, 0.29) is 35.2 Å². The van der Waals surface area contributed by atoms with E-state index in [0.29, 0.717) is 19.8 Å². The molecule has 3 aliphatic rings. The molecular formula is C29H40O5Si. The van der Waals surface area contributed by atoms with Gasteiger partial charge in [0.25, 0.3) is 0 Å². The fraction of sp³-hybridized carbons (Fsp3) is 0.586. The Balaban J connectivity index is 1.36. The van der Waals surface area contributed by atoms with Gasteiger partial charge in [-0.15, -0.1) is 0 Å². The lowest BCUT2D eigenvalue weighted by Gasteiger charge is -2.38. The number of ether oxygens (including phenoxy) is 3. The average Bonchev–Trinajstić information content (AvgIpc) is 3.38. The second-order valence-corrected chi connectivity index (χ2v) is 16.9. The molecule has 2 aromatic rings. The molecule has 0 spiro atoms. The van der Waals surface area contributed by atoms with Crippen molar-refractivity contribution in [2.45, 2.75) is 88.6 Å². The van der Waals surface area contributed by atoms with Gasteiger partial charge in [0, 0.05) is 5.92 Å². The van der Waals surface area contributed by atoms with E-state index in [2.05, 4.69) is 58.1 Å². The topological polar surface area (TPSA) is 60.5 Å². The molecule has 0 bridgehead atoms. The quantitative estimate of drug-likeness (QED) is 0.376. The van der Waals surface area contributed by atoms with Gasteiger partial charge in [-0.25, -0.2) is 0 Å². The first-order valence-corrected chi connectivity index (χ1v) is 15.8. The fourth-order valence-electron chi connectivity index (χ4n) is 5.71. The minimum Gasteiger partial charge on any atom is -0.414 e. The van der Waals surface area contributed by atoms with Gasteiger partial charge < -0.3 is 23.7 Å². The van der Waals surface area contributed by atoms with Crippen molar-refractivity contribution in [3.8, 4) is 0 Å². The van der Waals surface area contributed by atoms with E-state index in [0.717, 1.165) is 17.5 Å². The second kappa shape index (κ2) is 9.40. The highest BCUT2D eigenvalue weighted by atomic mass is 28.4. The average molecular weight is 497 g/mol. The lowest BCUT2D eigenvalue weighted by molar-refractivity contribution is -0.0998. The highest BCUT2D eigenvalue weighted by molar-refractivity contribution is 6.74. The Kier molecular flexibility index (Phi) is 6.75. The Labute approximate surface area is 210 Å². The number of hydrogen-bond acceptors (Lipinski definition) is 5. The third-order valence-corrected chi connectivity index (χ3v) is 13.3. The van der Waals surface area contributed by atoms with Crippen molar-refractivity contribution in [1.82, 2.24) is 0 Å². The van der Waals surface area contributed by atoms with E-state index in [1.165, 1.54) is 0 Å². The smallest absolute Gasteiger partial charge is 0.192 e. The maximum atomic E-state index is 11.2. The van der Waals surface area contributed by atoms with Crippen molar-refractivity contribution in [3.05, 3.63) is 71.8 Å². The molecule has 7 atom stereocenters. The minimum atomic E-state index is -1.96. The molecule has 5 nitrogen and oxygen atoms in total. The number of aliphatic hydroxyl groups is 1. The van der Waals surface area contributed by atoms with Gasteiger partial charge in [-0.05, 0) is 41.6 Å². The molecule has 35 heavy (non-hydrogen) atoms. The molecule has 0 aromatic heterocycles. The summed E-state index contributed by atoms with van der Waals surface area (Å²) in [6, 6.07) is 20.5. The summed E-state index contributed by atoms with van der Waals surface area (Å²) in [4.78, 5) is 0. The monoisotopic (exact) mass is 496 g/mol. The third-order valence-electron chi connectivity index (χ3n) is 8.83. The number of rotatable bonds is 9. The molecule has 1 saturated heterocycles. The predicted octanol–water partition coefficient (Wildman–Crippen LogP) is 5.33. The molecule has 190 valence electrons. The van der Waals surface area contributed by atoms with Crippen LogP contribution in [-0.2, 0) is 31.9 Å². The van der Waals surface area contributed by atoms with Crippen molar-refractivity contribution >= 4 is 8.32 Å². The van der Waals surface area contributed by atoms with Crippen LogP contribution in [0, 0.1) is 11.8 Å². The maximum absolute atomic E-state index is 11.2. The standard InChI is InChI=1S/C29H40O5Si/c1-28(2,3)35(4,5)33-19-29-24-22(25(30)27(29)34-29)16-23(31-17-20-12-8-6-9-13-20)26(24)32-18-21-14-10-7-11-15-21/h6-15,22-27,30H,16-19H2,1-5H3/t22-,23-,24-,25-,26-,27-,29+/m1/s1. The first-order chi connectivity index (χ1) is 16.6. The zero-order valence-corrected chi connectivity index (χ0v) is 22.6. The molecule has 0 unspecified atom stereocenters. The van der Waals surface area contributed by atoms with Crippen molar-refractivity contribution < 1.29 is 23.7 Å². The van der Waals surface area contributed by atoms with Crippen LogP contribution < -0.4 is 0 Å². The van der Waals surface area contributed by atoms with Crippen LogP contribution in [-0.4, -0.2) is 50.0 Å². The molecule has 2 aromatic carbocycles. The molecule has 1 heterocycles. The molecule has 0 radical (unpaired) electrons. The Morgan fingerprint density at radius 1 is 0.943 bits per heavy atom. The molecular weight excluding hydrogens is 456 g/mol. The van der Waals surface area contributed by atoms with Crippen molar-refractivity contribution in [1.29, 1.82) is 0 Å². The van der Waals surface area contributed by atoms with Gasteiger partial charge in [0.05, 0.1) is 38.1 Å². The van der Waals surface area contributed by atoms with E-state index < -0.39 is 20.0 Å². The van der Waals surface area contributed by atoms with E-state index in [1.54, 1.807) is 0 Å². The number of fused-ring (bicyclic) bond motifs is 3. The molecule has 0 amide bonds. The largest absolute Gasteiger partial charge is 0.414 e. The van der Waals surface area contributed by atoms with Gasteiger partial charge in [-0.1, -0.05) is 81.4 Å². The SMILES string of the molecule is CC(C)(C)[Si](C)(C)OC[C@@]12O[C@@H]1[C@H](O)[C@@H]1C[C@@H](OCc3ccccc3)[C@@H](OCc3ccccc3)[C@@H]12. The molecule has 6 heteroatoms. The van der Waals surface area contributed by atoms with Crippen molar-refractivity contribution in [3.63, 3.8) is 0 Å². The number of epoxide rings is 1. The van der Waals surface area contributed by atoms with Crippen LogP contribution in [0.3, 0.4) is 0 Å². The summed E-state index contributed by atoms with van der Waals surface area (Å²) in [5.74, 6) is 0.148. The van der Waals surface area contributed by atoms with Crippen LogP contribution in [0.4, 0.5) is 0 Å². The van der Waals surface area contributed by atoms with Gasteiger partial charge in [0.1, 0.15) is 11.7 Å². The van der Waals surface area contributed by atoms with Gasteiger partial charge in [0.2, 0.25) is 0 Å². The Morgan fingerprint density at radius 3 is 2.09 bits per heavy atom. The minimum absolute atomic E-state index is 0.0525. The van der Waals surface area contributed by atoms with Crippen LogP contribution in [0.15, 0.2) is 60.7 Å². The molecule has 3 fully saturated rings. The summed E-state index contributed by atoms with van der Waals surface area (Å²) in [5, 5.41) is 11.3. The van der Waals surface area contributed by atoms with Crippen LogP contribution in [0.25, 0.3) is 0 Å². The molecule has 2 aliphatic carbocycles. The summed E-state index contributed by atoms with van der Waals surface area (Å²) in [5.41, 5.74) is 1.80. The second-order valence-electron chi connectivity index (χ2n) is 12.1. The molecule has 2 saturated carbocycles. The van der Waals surface area contributed by atoms with Gasteiger partial charge in [-0.2, -0.15) is 0 Å². The summed E-state index contributed by atoms with van der Waals surface area (Å²) >= 11 is 0. The van der Waals surface area contributed by atoms with Crippen molar-refractivity contribution in [2.75, 3.05) is 6.61 Å². The Morgan fingerprint density at radius 2 is 1.51 bits per heavy atom. The normalized spacial score (nSPS) is 34.0. The van der Waals surface area contributed by atoms with Crippen molar-refractivity contribution in [2.24, 2.45) is 11.8 Å². The highest BCUT2D eigenvalue weighted by Gasteiger charge is 2.78. The zero-order chi connectivity index (χ0) is 24.8. The van der Waals surface area contributed by atoms with E-state index >= 15 is 0 Å².